The molecule has 1 aromatic heterocycles. The summed E-state index contributed by atoms with van der Waals surface area (Å²) < 4.78 is 0. The highest BCUT2D eigenvalue weighted by Gasteiger charge is 2.13. The van der Waals surface area contributed by atoms with Gasteiger partial charge in [-0.2, -0.15) is 11.8 Å². The second-order valence-electron chi connectivity index (χ2n) is 4.89. The number of thioether (sulfide) groups is 1. The fourth-order valence-electron chi connectivity index (χ4n) is 1.88. The predicted octanol–water partition coefficient (Wildman–Crippen LogP) is 4.56. The fraction of sp³-hybridized carbons (Fsp3) is 0.438. The summed E-state index contributed by atoms with van der Waals surface area (Å²) in [6.45, 7) is 8.50. The van der Waals surface area contributed by atoms with Gasteiger partial charge in [-0.3, -0.25) is 0 Å². The Bertz CT molecular complexity index is 521. The van der Waals surface area contributed by atoms with E-state index in [2.05, 4.69) is 56.4 Å². The van der Waals surface area contributed by atoms with E-state index in [9.17, 15) is 0 Å². The summed E-state index contributed by atoms with van der Waals surface area (Å²) in [4.78, 5) is 6.21. The Morgan fingerprint density at radius 1 is 1.25 bits per heavy atom. The summed E-state index contributed by atoms with van der Waals surface area (Å²) in [6.07, 6.45) is 0. The van der Waals surface area contributed by atoms with E-state index in [1.807, 2.05) is 23.1 Å². The fourth-order valence-corrected chi connectivity index (χ4v) is 3.72. The second kappa shape index (κ2) is 7.81. The Morgan fingerprint density at radius 2 is 2.00 bits per heavy atom. The van der Waals surface area contributed by atoms with Crippen LogP contribution in [0.1, 0.15) is 30.7 Å². The molecular formula is C16H22N2S2. The lowest BCUT2D eigenvalue weighted by Crippen LogP contribution is -2.11. The van der Waals surface area contributed by atoms with Crippen molar-refractivity contribution in [1.82, 2.24) is 10.3 Å². The minimum Gasteiger partial charge on any atom is -0.312 e. The minimum atomic E-state index is 0.649. The molecule has 0 aliphatic carbocycles. The Morgan fingerprint density at radius 3 is 2.65 bits per heavy atom. The molecule has 1 N–H and O–H groups in total. The molecule has 0 radical (unpaired) electrons. The average Bonchev–Trinajstić information content (AvgIpc) is 2.87. The quantitative estimate of drug-likeness (QED) is 0.811. The molecule has 0 amide bonds. The van der Waals surface area contributed by atoms with Crippen LogP contribution in [-0.4, -0.2) is 16.8 Å². The van der Waals surface area contributed by atoms with E-state index in [0.717, 1.165) is 24.5 Å². The topological polar surface area (TPSA) is 24.9 Å². The number of benzene rings is 1. The molecule has 1 heterocycles. The highest BCUT2D eigenvalue weighted by atomic mass is 32.2. The number of rotatable bonds is 7. The Kier molecular flexibility index (Phi) is 6.07. The number of hydrogen-bond acceptors (Lipinski definition) is 4. The van der Waals surface area contributed by atoms with E-state index in [1.165, 1.54) is 15.4 Å². The van der Waals surface area contributed by atoms with Gasteiger partial charge in [0.15, 0.2) is 0 Å². The molecule has 108 valence electrons. The molecule has 0 aliphatic heterocycles. The van der Waals surface area contributed by atoms with E-state index in [1.54, 1.807) is 0 Å². The lowest BCUT2D eigenvalue weighted by molar-refractivity contribution is 0.735. The smallest absolute Gasteiger partial charge is 0.103 e. The molecular weight excluding hydrogens is 284 g/mol. The number of hydrogen-bond donors (Lipinski definition) is 1. The van der Waals surface area contributed by atoms with Gasteiger partial charge in [-0.05, 0) is 11.8 Å². The minimum absolute atomic E-state index is 0.649. The van der Waals surface area contributed by atoms with Gasteiger partial charge in [0.25, 0.3) is 0 Å². The summed E-state index contributed by atoms with van der Waals surface area (Å²) in [5.41, 5.74) is 2.37. The zero-order valence-corrected chi connectivity index (χ0v) is 14.0. The van der Waals surface area contributed by atoms with Crippen molar-refractivity contribution < 1.29 is 0 Å². The van der Waals surface area contributed by atoms with Gasteiger partial charge in [0.05, 0.1) is 5.69 Å². The second-order valence-corrected chi connectivity index (χ2v) is 7.62. The van der Waals surface area contributed by atoms with Gasteiger partial charge >= 0.3 is 0 Å². The Balaban J connectivity index is 2.23. The largest absolute Gasteiger partial charge is 0.312 e. The van der Waals surface area contributed by atoms with Crippen LogP contribution in [0.15, 0.2) is 30.3 Å². The van der Waals surface area contributed by atoms with Gasteiger partial charge in [0.1, 0.15) is 5.01 Å². The van der Waals surface area contributed by atoms with Crippen LogP contribution in [0.5, 0.6) is 0 Å². The molecule has 0 unspecified atom stereocenters. The third kappa shape index (κ3) is 4.33. The third-order valence-electron chi connectivity index (χ3n) is 2.86. The van der Waals surface area contributed by atoms with Crippen molar-refractivity contribution in [3.05, 3.63) is 40.2 Å². The van der Waals surface area contributed by atoms with Crippen molar-refractivity contribution in [2.75, 3.05) is 6.54 Å². The van der Waals surface area contributed by atoms with Gasteiger partial charge in [0, 0.05) is 22.7 Å². The number of thiazole rings is 1. The SMILES string of the molecule is CCNCc1sc(CSC(C)C)nc1-c1ccccc1. The Labute approximate surface area is 130 Å². The molecule has 4 heteroatoms. The lowest BCUT2D eigenvalue weighted by Gasteiger charge is -2.02. The van der Waals surface area contributed by atoms with Crippen LogP contribution in [0.4, 0.5) is 0 Å². The van der Waals surface area contributed by atoms with Crippen molar-refractivity contribution >= 4 is 23.1 Å². The van der Waals surface area contributed by atoms with Crippen LogP contribution in [0, 0.1) is 0 Å². The van der Waals surface area contributed by atoms with Crippen molar-refractivity contribution in [2.45, 2.75) is 38.3 Å². The highest BCUT2D eigenvalue weighted by Crippen LogP contribution is 2.30. The highest BCUT2D eigenvalue weighted by molar-refractivity contribution is 7.99. The molecule has 0 saturated carbocycles. The molecule has 0 spiro atoms. The molecule has 0 saturated heterocycles. The molecule has 0 fully saturated rings. The van der Waals surface area contributed by atoms with E-state index >= 15 is 0 Å². The lowest BCUT2D eigenvalue weighted by atomic mass is 10.1. The predicted molar refractivity (Wildman–Crippen MR) is 91.4 cm³/mol. The number of nitrogens with one attached hydrogen (secondary N) is 1. The first kappa shape index (κ1) is 15.5. The summed E-state index contributed by atoms with van der Waals surface area (Å²) in [7, 11) is 0. The maximum absolute atomic E-state index is 4.86. The summed E-state index contributed by atoms with van der Waals surface area (Å²) in [5.74, 6) is 1.01. The maximum Gasteiger partial charge on any atom is 0.103 e. The van der Waals surface area contributed by atoms with Crippen LogP contribution >= 0.6 is 23.1 Å². The maximum atomic E-state index is 4.86. The molecule has 0 aliphatic rings. The van der Waals surface area contributed by atoms with Crippen LogP contribution in [-0.2, 0) is 12.3 Å². The van der Waals surface area contributed by atoms with Gasteiger partial charge in [-0.1, -0.05) is 51.1 Å². The standard InChI is InChI=1S/C16H22N2S2/c1-4-17-10-14-16(13-8-6-5-7-9-13)18-15(20-14)11-19-12(2)3/h5-9,12,17H,4,10-11H2,1-3H3. The molecule has 20 heavy (non-hydrogen) atoms. The van der Waals surface area contributed by atoms with Gasteiger partial charge < -0.3 is 5.32 Å². The zero-order chi connectivity index (χ0) is 14.4. The van der Waals surface area contributed by atoms with Crippen LogP contribution in [0.2, 0.25) is 0 Å². The van der Waals surface area contributed by atoms with Gasteiger partial charge in [0.2, 0.25) is 0 Å². The Hall–Kier alpha value is -0.840. The normalized spacial score (nSPS) is 11.2. The van der Waals surface area contributed by atoms with Crippen molar-refractivity contribution in [2.24, 2.45) is 0 Å². The molecule has 0 bridgehead atoms. The summed E-state index contributed by atoms with van der Waals surface area (Å²) in [5, 5.41) is 5.30. The molecule has 2 nitrogen and oxygen atoms in total. The van der Waals surface area contributed by atoms with Crippen molar-refractivity contribution in [3.63, 3.8) is 0 Å². The van der Waals surface area contributed by atoms with E-state index < -0.39 is 0 Å². The molecule has 1 aromatic carbocycles. The van der Waals surface area contributed by atoms with Crippen LogP contribution in [0.25, 0.3) is 11.3 Å². The first-order valence-electron chi connectivity index (χ1n) is 7.07. The molecule has 0 atom stereocenters. The average molecular weight is 306 g/mol. The van der Waals surface area contributed by atoms with E-state index in [0.29, 0.717) is 5.25 Å². The third-order valence-corrected chi connectivity index (χ3v) is 5.21. The number of aromatic nitrogens is 1. The van der Waals surface area contributed by atoms with Gasteiger partial charge in [-0.15, -0.1) is 11.3 Å². The zero-order valence-electron chi connectivity index (χ0n) is 12.3. The van der Waals surface area contributed by atoms with E-state index in [-0.39, 0.29) is 0 Å². The van der Waals surface area contributed by atoms with Crippen LogP contribution < -0.4 is 5.32 Å². The molecule has 2 aromatic rings. The van der Waals surface area contributed by atoms with E-state index in [4.69, 9.17) is 4.98 Å². The number of nitrogens with zero attached hydrogens (tertiary/aromatic N) is 1. The van der Waals surface area contributed by atoms with Crippen molar-refractivity contribution in [1.29, 1.82) is 0 Å². The summed E-state index contributed by atoms with van der Waals surface area (Å²) in [6, 6.07) is 10.5. The molecule has 2 rings (SSSR count). The first-order valence-corrected chi connectivity index (χ1v) is 8.93. The monoisotopic (exact) mass is 306 g/mol. The van der Waals surface area contributed by atoms with Gasteiger partial charge in [-0.25, -0.2) is 4.98 Å². The first-order chi connectivity index (χ1) is 9.70. The van der Waals surface area contributed by atoms with Crippen LogP contribution in [0.3, 0.4) is 0 Å². The summed E-state index contributed by atoms with van der Waals surface area (Å²) >= 11 is 3.79. The van der Waals surface area contributed by atoms with Crippen molar-refractivity contribution in [3.8, 4) is 11.3 Å².